The molecule has 8 heteroatoms. The van der Waals surface area contributed by atoms with E-state index >= 15 is 0 Å². The molecule has 1 aromatic rings. The molecule has 1 unspecified atom stereocenters. The Kier molecular flexibility index (Phi) is 7.08. The highest BCUT2D eigenvalue weighted by Gasteiger charge is 2.22. The fourth-order valence-corrected chi connectivity index (χ4v) is 2.00. The van der Waals surface area contributed by atoms with Crippen molar-refractivity contribution in [3.8, 4) is 0 Å². The largest absolute Gasteiger partial charge is 0.387 e. The van der Waals surface area contributed by atoms with E-state index in [1.54, 1.807) is 0 Å². The first-order valence-electron chi connectivity index (χ1n) is 7.49. The Hall–Kier alpha value is -2.03. The van der Waals surface area contributed by atoms with Crippen LogP contribution in [0.4, 0.5) is 5.69 Å². The van der Waals surface area contributed by atoms with Crippen LogP contribution in [0.15, 0.2) is 24.3 Å². The number of nitrogens with two attached hydrogens (primary N) is 2. The maximum absolute atomic E-state index is 11.9. The molecule has 0 aliphatic carbocycles. The van der Waals surface area contributed by atoms with Crippen molar-refractivity contribution in [1.82, 2.24) is 5.32 Å². The van der Waals surface area contributed by atoms with Crippen LogP contribution in [0.3, 0.4) is 0 Å². The van der Waals surface area contributed by atoms with Crippen molar-refractivity contribution >= 4 is 11.6 Å². The zero-order valence-electron chi connectivity index (χ0n) is 13.3. The number of non-ortho nitro benzene ring substituents is 1. The fourth-order valence-electron chi connectivity index (χ4n) is 2.00. The topological polar surface area (TPSA) is 145 Å². The Labute approximate surface area is 135 Å². The van der Waals surface area contributed by atoms with Gasteiger partial charge in [0, 0.05) is 18.7 Å². The minimum absolute atomic E-state index is 0.0471. The number of aliphatic hydroxyl groups is 1. The van der Waals surface area contributed by atoms with Gasteiger partial charge in [-0.25, -0.2) is 0 Å². The zero-order valence-corrected chi connectivity index (χ0v) is 13.3. The molecule has 0 aliphatic heterocycles. The van der Waals surface area contributed by atoms with Crippen LogP contribution in [0.2, 0.25) is 0 Å². The van der Waals surface area contributed by atoms with Gasteiger partial charge in [0.15, 0.2) is 0 Å². The summed E-state index contributed by atoms with van der Waals surface area (Å²) < 4.78 is 0. The maximum Gasteiger partial charge on any atom is 0.269 e. The fraction of sp³-hybridized carbons (Fsp3) is 0.533. The third-order valence-corrected chi connectivity index (χ3v) is 3.92. The second kappa shape index (κ2) is 8.56. The van der Waals surface area contributed by atoms with E-state index in [4.69, 9.17) is 11.5 Å². The molecule has 1 amide bonds. The number of benzene rings is 1. The molecular formula is C15H24N4O4. The highest BCUT2D eigenvalue weighted by Crippen LogP contribution is 2.19. The zero-order chi connectivity index (χ0) is 17.6. The van der Waals surface area contributed by atoms with Gasteiger partial charge in [0.1, 0.15) is 0 Å². The summed E-state index contributed by atoms with van der Waals surface area (Å²) in [6, 6.07) is 4.10. The monoisotopic (exact) mass is 324 g/mol. The SMILES string of the molecule is CCC(C)[C@H](N)C(=O)NC[C@H](N)[C@@H](O)c1ccc([N+](=O)[O-])cc1. The molecule has 23 heavy (non-hydrogen) atoms. The van der Waals surface area contributed by atoms with Crippen molar-refractivity contribution in [3.05, 3.63) is 39.9 Å². The number of nitro groups is 1. The van der Waals surface area contributed by atoms with E-state index in [-0.39, 0.29) is 24.1 Å². The van der Waals surface area contributed by atoms with Crippen molar-refractivity contribution in [2.45, 2.75) is 38.5 Å². The van der Waals surface area contributed by atoms with Gasteiger partial charge in [-0.2, -0.15) is 0 Å². The maximum atomic E-state index is 11.9. The Morgan fingerprint density at radius 3 is 2.39 bits per heavy atom. The summed E-state index contributed by atoms with van der Waals surface area (Å²) in [5.41, 5.74) is 12.1. The molecule has 0 spiro atoms. The molecule has 4 atom stereocenters. The third kappa shape index (κ3) is 5.27. The predicted octanol–water partition coefficient (Wildman–Crippen LogP) is 0.445. The van der Waals surface area contributed by atoms with Gasteiger partial charge in [-0.15, -0.1) is 0 Å². The van der Waals surface area contributed by atoms with E-state index in [1.807, 2.05) is 13.8 Å². The number of nitro benzene ring substituents is 1. The molecule has 0 fully saturated rings. The molecule has 128 valence electrons. The van der Waals surface area contributed by atoms with Crippen LogP contribution in [-0.2, 0) is 4.79 Å². The van der Waals surface area contributed by atoms with E-state index < -0.39 is 23.1 Å². The molecule has 8 nitrogen and oxygen atoms in total. The second-order valence-corrected chi connectivity index (χ2v) is 5.61. The van der Waals surface area contributed by atoms with Crippen molar-refractivity contribution in [2.75, 3.05) is 6.54 Å². The lowest BCUT2D eigenvalue weighted by molar-refractivity contribution is -0.384. The minimum Gasteiger partial charge on any atom is -0.387 e. The van der Waals surface area contributed by atoms with Gasteiger partial charge in [0.05, 0.1) is 23.1 Å². The van der Waals surface area contributed by atoms with Crippen molar-refractivity contribution in [2.24, 2.45) is 17.4 Å². The molecule has 0 aromatic heterocycles. The van der Waals surface area contributed by atoms with E-state index in [0.29, 0.717) is 5.56 Å². The normalized spacial score (nSPS) is 16.2. The van der Waals surface area contributed by atoms with Crippen LogP contribution in [0.1, 0.15) is 31.9 Å². The lowest BCUT2D eigenvalue weighted by Crippen LogP contribution is -2.49. The number of hydrogen-bond donors (Lipinski definition) is 4. The van der Waals surface area contributed by atoms with Gasteiger partial charge in [-0.1, -0.05) is 20.3 Å². The predicted molar refractivity (Wildman–Crippen MR) is 86.5 cm³/mol. The summed E-state index contributed by atoms with van der Waals surface area (Å²) in [6.07, 6.45) is -0.262. The first-order chi connectivity index (χ1) is 10.8. The molecular weight excluding hydrogens is 300 g/mol. The average Bonchev–Trinajstić information content (AvgIpc) is 2.57. The summed E-state index contributed by atoms with van der Waals surface area (Å²) in [7, 11) is 0. The van der Waals surface area contributed by atoms with Crippen molar-refractivity contribution in [1.29, 1.82) is 0 Å². The molecule has 6 N–H and O–H groups in total. The number of carbonyl (C=O) groups is 1. The number of nitrogens with zero attached hydrogens (tertiary/aromatic N) is 1. The van der Waals surface area contributed by atoms with Gasteiger partial charge in [0.25, 0.3) is 5.69 Å². The van der Waals surface area contributed by atoms with E-state index in [2.05, 4.69) is 5.32 Å². The number of aliphatic hydroxyl groups excluding tert-OH is 1. The molecule has 0 saturated heterocycles. The lowest BCUT2D eigenvalue weighted by atomic mass is 9.99. The van der Waals surface area contributed by atoms with E-state index in [0.717, 1.165) is 6.42 Å². The number of rotatable bonds is 8. The smallest absolute Gasteiger partial charge is 0.269 e. The van der Waals surface area contributed by atoms with Crippen LogP contribution in [0, 0.1) is 16.0 Å². The van der Waals surface area contributed by atoms with Crippen molar-refractivity contribution in [3.63, 3.8) is 0 Å². The highest BCUT2D eigenvalue weighted by molar-refractivity contribution is 5.81. The Morgan fingerprint density at radius 2 is 1.91 bits per heavy atom. The van der Waals surface area contributed by atoms with Crippen LogP contribution in [0.5, 0.6) is 0 Å². The van der Waals surface area contributed by atoms with E-state index in [1.165, 1.54) is 24.3 Å². The quantitative estimate of drug-likeness (QED) is 0.403. The second-order valence-electron chi connectivity index (χ2n) is 5.61. The Morgan fingerprint density at radius 1 is 1.35 bits per heavy atom. The third-order valence-electron chi connectivity index (χ3n) is 3.92. The molecule has 0 aliphatic rings. The molecule has 0 bridgehead atoms. The Bertz CT molecular complexity index is 535. The number of carbonyl (C=O) groups excluding carboxylic acids is 1. The first kappa shape index (κ1) is 19.0. The number of nitrogens with one attached hydrogen (secondary N) is 1. The van der Waals surface area contributed by atoms with Crippen LogP contribution in [-0.4, -0.2) is 34.6 Å². The number of hydrogen-bond acceptors (Lipinski definition) is 6. The van der Waals surface area contributed by atoms with Gasteiger partial charge >= 0.3 is 0 Å². The van der Waals surface area contributed by atoms with E-state index in [9.17, 15) is 20.0 Å². The standard InChI is InChI=1S/C15H24N4O4/c1-3-9(2)13(17)15(21)18-8-12(16)14(20)10-4-6-11(7-5-10)19(22)23/h4-7,9,12-14,20H,3,8,16-17H2,1-2H3,(H,18,21)/t9?,12-,13-,14-/m0/s1. The Balaban J connectivity index is 2.58. The highest BCUT2D eigenvalue weighted by atomic mass is 16.6. The molecule has 1 rings (SSSR count). The molecule has 0 heterocycles. The van der Waals surface area contributed by atoms with Crippen LogP contribution < -0.4 is 16.8 Å². The average molecular weight is 324 g/mol. The molecule has 0 saturated carbocycles. The van der Waals surface area contributed by atoms with Crippen LogP contribution >= 0.6 is 0 Å². The summed E-state index contributed by atoms with van der Waals surface area (Å²) in [5, 5.41) is 23.4. The number of amides is 1. The van der Waals surface area contributed by atoms with Gasteiger partial charge in [0.2, 0.25) is 5.91 Å². The summed E-state index contributed by atoms with van der Waals surface area (Å²) in [6.45, 7) is 3.89. The summed E-state index contributed by atoms with van der Waals surface area (Å²) in [4.78, 5) is 22.0. The minimum atomic E-state index is -1.05. The lowest BCUT2D eigenvalue weighted by Gasteiger charge is -2.22. The summed E-state index contributed by atoms with van der Waals surface area (Å²) in [5.74, 6) is -0.267. The molecule has 1 aromatic carbocycles. The first-order valence-corrected chi connectivity index (χ1v) is 7.49. The van der Waals surface area contributed by atoms with Crippen molar-refractivity contribution < 1.29 is 14.8 Å². The summed E-state index contributed by atoms with van der Waals surface area (Å²) >= 11 is 0. The van der Waals surface area contributed by atoms with Gasteiger partial charge in [-0.05, 0) is 23.6 Å². The van der Waals surface area contributed by atoms with Gasteiger partial charge < -0.3 is 21.9 Å². The van der Waals surface area contributed by atoms with Crippen LogP contribution in [0.25, 0.3) is 0 Å². The van der Waals surface area contributed by atoms with Gasteiger partial charge in [-0.3, -0.25) is 14.9 Å². The molecule has 0 radical (unpaired) electrons.